The number of benzene rings is 1. The van der Waals surface area contributed by atoms with Crippen LogP contribution in [0.5, 0.6) is 0 Å². The second-order valence-electron chi connectivity index (χ2n) is 8.25. The summed E-state index contributed by atoms with van der Waals surface area (Å²) >= 11 is 0. The molecule has 2 aliphatic heterocycles. The predicted octanol–water partition coefficient (Wildman–Crippen LogP) is 0.0647. The number of rotatable bonds is 3. The molecular formula is C21H29N5O3. The molecule has 3 unspecified atom stereocenters. The molecule has 2 heterocycles. The van der Waals surface area contributed by atoms with Crippen LogP contribution in [0.1, 0.15) is 37.7 Å². The number of amides is 3. The average Bonchev–Trinajstić information content (AvgIpc) is 3.10. The van der Waals surface area contributed by atoms with Gasteiger partial charge in [0.25, 0.3) is 5.91 Å². The molecule has 2 fully saturated rings. The van der Waals surface area contributed by atoms with Crippen molar-refractivity contribution in [1.82, 2.24) is 15.5 Å². The molecule has 1 aliphatic carbocycles. The average molecular weight is 399 g/mol. The number of fused-ring (bicyclic) bond motifs is 3. The fourth-order valence-electron chi connectivity index (χ4n) is 5.76. The molecule has 3 aliphatic rings. The van der Waals surface area contributed by atoms with Gasteiger partial charge in [0.15, 0.2) is 11.1 Å². The van der Waals surface area contributed by atoms with Crippen molar-refractivity contribution >= 4 is 23.4 Å². The van der Waals surface area contributed by atoms with Gasteiger partial charge in [0.1, 0.15) is 6.04 Å². The summed E-state index contributed by atoms with van der Waals surface area (Å²) in [6.45, 7) is 0. The van der Waals surface area contributed by atoms with E-state index in [-0.39, 0.29) is 17.9 Å². The van der Waals surface area contributed by atoms with Gasteiger partial charge in [-0.3, -0.25) is 20.1 Å². The van der Waals surface area contributed by atoms with Gasteiger partial charge in [0.05, 0.1) is 0 Å². The minimum atomic E-state index is -1.68. The van der Waals surface area contributed by atoms with Crippen molar-refractivity contribution in [3.63, 3.8) is 0 Å². The van der Waals surface area contributed by atoms with Gasteiger partial charge in [-0.1, -0.05) is 37.5 Å². The van der Waals surface area contributed by atoms with Crippen molar-refractivity contribution in [1.29, 1.82) is 0 Å². The molecule has 0 spiro atoms. The van der Waals surface area contributed by atoms with E-state index in [2.05, 4.69) is 10.6 Å². The second kappa shape index (κ2) is 6.73. The topological polar surface area (TPSA) is 108 Å². The third-order valence-corrected chi connectivity index (χ3v) is 7.12. The summed E-state index contributed by atoms with van der Waals surface area (Å²) in [4.78, 5) is 44.1. The second-order valence-corrected chi connectivity index (χ2v) is 8.25. The molecule has 8 nitrogen and oxygen atoms in total. The Labute approximate surface area is 170 Å². The first-order valence-corrected chi connectivity index (χ1v) is 10.3. The highest BCUT2D eigenvalue weighted by atomic mass is 16.2. The Balaban J connectivity index is 2.02. The fourth-order valence-corrected chi connectivity index (χ4v) is 5.76. The fraction of sp³-hybridized carbons (Fsp3) is 0.571. The molecule has 29 heavy (non-hydrogen) atoms. The zero-order valence-electron chi connectivity index (χ0n) is 17.2. The van der Waals surface area contributed by atoms with Crippen LogP contribution in [0.4, 0.5) is 5.69 Å². The van der Waals surface area contributed by atoms with Gasteiger partial charge in [0, 0.05) is 32.9 Å². The first-order chi connectivity index (χ1) is 13.9. The summed E-state index contributed by atoms with van der Waals surface area (Å²) in [6, 6.07) is 6.19. The highest BCUT2D eigenvalue weighted by Crippen LogP contribution is 2.57. The van der Waals surface area contributed by atoms with Crippen molar-refractivity contribution in [2.45, 2.75) is 55.3 Å². The van der Waals surface area contributed by atoms with E-state index in [1.54, 1.807) is 16.8 Å². The number of hydrogen-bond acceptors (Lipinski definition) is 5. The molecular weight excluding hydrogens is 370 g/mol. The largest absolute Gasteiger partial charge is 0.358 e. The first-order valence-electron chi connectivity index (χ1n) is 10.3. The van der Waals surface area contributed by atoms with Crippen molar-refractivity contribution < 1.29 is 14.4 Å². The lowest BCUT2D eigenvalue weighted by Crippen LogP contribution is -2.72. The SMILES string of the molecule is CNC(=O)C1N(C2CCCCC2)C(=O)C2(N)N(C)c3ccccc3C12C(=O)NC. The lowest BCUT2D eigenvalue weighted by molar-refractivity contribution is -0.140. The Morgan fingerprint density at radius 1 is 1.10 bits per heavy atom. The standard InChI is InChI=1S/C21H29N5O3/c1-23-17(27)16-20(18(28)24-2)14-11-7-8-12-15(14)25(3)21(20,22)19(29)26(16)13-9-5-4-6-10-13/h7-8,11-13,16H,4-6,9-10,22H2,1-3H3,(H,23,27)(H,24,28). The number of carbonyl (C=O) groups excluding carboxylic acids is 3. The highest BCUT2D eigenvalue weighted by molar-refractivity contribution is 6.14. The molecule has 156 valence electrons. The van der Waals surface area contributed by atoms with E-state index in [0.717, 1.165) is 32.1 Å². The molecule has 3 atom stereocenters. The van der Waals surface area contributed by atoms with Gasteiger partial charge < -0.3 is 20.4 Å². The summed E-state index contributed by atoms with van der Waals surface area (Å²) < 4.78 is 0. The molecule has 4 N–H and O–H groups in total. The van der Waals surface area contributed by atoms with Crippen molar-refractivity contribution in [3.05, 3.63) is 29.8 Å². The van der Waals surface area contributed by atoms with Gasteiger partial charge in [-0.05, 0) is 24.5 Å². The zero-order valence-corrected chi connectivity index (χ0v) is 17.2. The third-order valence-electron chi connectivity index (χ3n) is 7.12. The van der Waals surface area contributed by atoms with Crippen LogP contribution in [-0.2, 0) is 19.8 Å². The summed E-state index contributed by atoms with van der Waals surface area (Å²) in [5, 5.41) is 5.39. The molecule has 0 bridgehead atoms. The summed E-state index contributed by atoms with van der Waals surface area (Å²) in [7, 11) is 4.78. The van der Waals surface area contributed by atoms with Crippen LogP contribution in [0.3, 0.4) is 0 Å². The van der Waals surface area contributed by atoms with Crippen LogP contribution in [0, 0.1) is 0 Å². The Bertz CT molecular complexity index is 868. The van der Waals surface area contributed by atoms with Crippen molar-refractivity contribution in [2.24, 2.45) is 5.73 Å². The Morgan fingerprint density at radius 2 is 1.76 bits per heavy atom. The van der Waals surface area contributed by atoms with E-state index in [4.69, 9.17) is 5.73 Å². The van der Waals surface area contributed by atoms with Gasteiger partial charge in [-0.2, -0.15) is 0 Å². The van der Waals surface area contributed by atoms with Crippen LogP contribution in [0.2, 0.25) is 0 Å². The molecule has 4 rings (SSSR count). The van der Waals surface area contributed by atoms with Gasteiger partial charge >= 0.3 is 0 Å². The van der Waals surface area contributed by atoms with Gasteiger partial charge in [-0.25, -0.2) is 0 Å². The molecule has 1 aromatic carbocycles. The first kappa shape index (κ1) is 19.7. The molecule has 0 radical (unpaired) electrons. The van der Waals surface area contributed by atoms with E-state index >= 15 is 0 Å². The molecule has 0 aromatic heterocycles. The van der Waals surface area contributed by atoms with Crippen LogP contribution in [0.25, 0.3) is 0 Å². The summed E-state index contributed by atoms with van der Waals surface area (Å²) in [5.74, 6) is -1.15. The zero-order chi connectivity index (χ0) is 21.0. The maximum absolute atomic E-state index is 13.9. The van der Waals surface area contributed by atoms with E-state index < -0.39 is 23.0 Å². The van der Waals surface area contributed by atoms with Gasteiger partial charge in [0.2, 0.25) is 11.8 Å². The number of hydrogen-bond donors (Lipinski definition) is 3. The molecule has 1 saturated carbocycles. The van der Waals surface area contributed by atoms with Crippen molar-refractivity contribution in [3.8, 4) is 0 Å². The van der Waals surface area contributed by atoms with E-state index in [1.165, 1.54) is 14.1 Å². The van der Waals surface area contributed by atoms with E-state index in [1.807, 2.05) is 24.3 Å². The minimum absolute atomic E-state index is 0.105. The number of carbonyl (C=O) groups is 3. The quantitative estimate of drug-likeness (QED) is 0.666. The number of likely N-dealkylation sites (N-methyl/N-ethyl adjacent to an activating group) is 3. The Kier molecular flexibility index (Phi) is 4.57. The maximum Gasteiger partial charge on any atom is 0.265 e. The minimum Gasteiger partial charge on any atom is -0.358 e. The monoisotopic (exact) mass is 399 g/mol. The normalized spacial score (nSPS) is 31.4. The van der Waals surface area contributed by atoms with Crippen LogP contribution >= 0.6 is 0 Å². The smallest absolute Gasteiger partial charge is 0.265 e. The van der Waals surface area contributed by atoms with Crippen LogP contribution in [0.15, 0.2) is 24.3 Å². The lowest BCUT2D eigenvalue weighted by atomic mass is 9.68. The van der Waals surface area contributed by atoms with Crippen LogP contribution in [-0.4, -0.2) is 61.5 Å². The third kappa shape index (κ3) is 2.20. The Hall–Kier alpha value is -2.61. The Morgan fingerprint density at radius 3 is 2.38 bits per heavy atom. The van der Waals surface area contributed by atoms with E-state index in [9.17, 15) is 14.4 Å². The molecule has 8 heteroatoms. The highest BCUT2D eigenvalue weighted by Gasteiger charge is 2.79. The number of nitrogens with two attached hydrogens (primary N) is 1. The molecule has 1 saturated heterocycles. The molecule has 1 aromatic rings. The number of likely N-dealkylation sites (tertiary alicyclic amines) is 1. The van der Waals surface area contributed by atoms with Crippen molar-refractivity contribution in [2.75, 3.05) is 26.0 Å². The number of nitrogens with one attached hydrogen (secondary N) is 2. The maximum atomic E-state index is 13.9. The predicted molar refractivity (Wildman–Crippen MR) is 109 cm³/mol. The lowest BCUT2D eigenvalue weighted by Gasteiger charge is -2.40. The van der Waals surface area contributed by atoms with E-state index in [0.29, 0.717) is 11.3 Å². The van der Waals surface area contributed by atoms with Crippen LogP contribution < -0.4 is 21.3 Å². The molecule has 3 amide bonds. The number of para-hydroxylation sites is 1. The number of anilines is 1. The summed E-state index contributed by atoms with van der Waals surface area (Å²) in [6.07, 6.45) is 4.72. The summed E-state index contributed by atoms with van der Waals surface area (Å²) in [5.41, 5.74) is 4.99. The number of nitrogens with zero attached hydrogens (tertiary/aromatic N) is 2. The van der Waals surface area contributed by atoms with Gasteiger partial charge in [-0.15, -0.1) is 0 Å².